The molecular formula is C22H25N5O2S2. The van der Waals surface area contributed by atoms with Crippen molar-refractivity contribution in [3.63, 3.8) is 0 Å². The second kappa shape index (κ2) is 8.74. The number of ether oxygens (including phenoxy) is 1. The predicted octanol–water partition coefficient (Wildman–Crippen LogP) is 3.25. The van der Waals surface area contributed by atoms with E-state index in [1.807, 2.05) is 43.1 Å². The van der Waals surface area contributed by atoms with Crippen LogP contribution in [0.5, 0.6) is 5.75 Å². The maximum absolute atomic E-state index is 9.51. The Bertz CT molecular complexity index is 1100. The number of aromatic nitrogens is 2. The van der Waals surface area contributed by atoms with E-state index in [0.29, 0.717) is 5.25 Å². The molecule has 162 valence electrons. The number of anilines is 1. The van der Waals surface area contributed by atoms with E-state index in [1.54, 1.807) is 25.3 Å². The Kier molecular flexibility index (Phi) is 5.83. The summed E-state index contributed by atoms with van der Waals surface area (Å²) in [7, 11) is 3.73. The summed E-state index contributed by atoms with van der Waals surface area (Å²) in [5, 5.41) is 13.0. The van der Waals surface area contributed by atoms with Crippen molar-refractivity contribution in [1.82, 2.24) is 14.9 Å². The standard InChI is InChI=1S/C22H25N5O2S2/c1-26(31-20-5-3-4-6-23-20)19-9-16(29-2)7-14-8-18(25-21(14)19)22-24-10-17(30-22)13-27-11-15(28)12-27/h3-9,15,17,25,28H,10-13H2,1-2H3. The van der Waals surface area contributed by atoms with Gasteiger partial charge in [0.15, 0.2) is 0 Å². The molecule has 1 fully saturated rings. The first-order chi connectivity index (χ1) is 15.1. The van der Waals surface area contributed by atoms with Crippen molar-refractivity contribution in [2.24, 2.45) is 4.99 Å². The first-order valence-corrected chi connectivity index (χ1v) is 11.9. The van der Waals surface area contributed by atoms with Crippen LogP contribution in [0.15, 0.2) is 52.6 Å². The summed E-state index contributed by atoms with van der Waals surface area (Å²) in [5.74, 6) is 0.816. The van der Waals surface area contributed by atoms with Crippen molar-refractivity contribution in [1.29, 1.82) is 0 Å². The van der Waals surface area contributed by atoms with E-state index in [2.05, 4.69) is 31.3 Å². The first kappa shape index (κ1) is 20.7. The monoisotopic (exact) mass is 455 g/mol. The number of benzene rings is 1. The first-order valence-electron chi connectivity index (χ1n) is 10.2. The molecule has 5 rings (SSSR count). The lowest BCUT2D eigenvalue weighted by Crippen LogP contribution is -2.52. The minimum Gasteiger partial charge on any atom is -0.497 e. The van der Waals surface area contributed by atoms with Crippen molar-refractivity contribution in [3.8, 4) is 5.75 Å². The van der Waals surface area contributed by atoms with Crippen molar-refractivity contribution in [2.75, 3.05) is 44.6 Å². The van der Waals surface area contributed by atoms with Crippen LogP contribution >= 0.6 is 23.7 Å². The lowest BCUT2D eigenvalue weighted by molar-refractivity contribution is 0.00320. The summed E-state index contributed by atoms with van der Waals surface area (Å²) in [5.41, 5.74) is 3.13. The number of pyridine rings is 1. The quantitative estimate of drug-likeness (QED) is 0.530. The molecule has 2 aromatic heterocycles. The van der Waals surface area contributed by atoms with E-state index >= 15 is 0 Å². The number of aliphatic hydroxyl groups excluding tert-OH is 1. The smallest absolute Gasteiger partial charge is 0.121 e. The maximum Gasteiger partial charge on any atom is 0.121 e. The molecular weight excluding hydrogens is 430 g/mol. The van der Waals surface area contributed by atoms with Crippen molar-refractivity contribution in [2.45, 2.75) is 16.4 Å². The fourth-order valence-corrected chi connectivity index (χ4v) is 5.82. The second-order valence-electron chi connectivity index (χ2n) is 7.81. The number of aromatic amines is 1. The number of nitrogens with one attached hydrogen (secondary N) is 1. The zero-order chi connectivity index (χ0) is 21.4. The number of hydrogen-bond donors (Lipinski definition) is 2. The number of aliphatic hydroxyl groups is 1. The fourth-order valence-electron chi connectivity index (χ4n) is 3.91. The molecule has 2 aliphatic rings. The van der Waals surface area contributed by atoms with E-state index in [1.165, 1.54) is 0 Å². The Morgan fingerprint density at radius 1 is 1.32 bits per heavy atom. The van der Waals surface area contributed by atoms with E-state index in [9.17, 15) is 5.11 Å². The van der Waals surface area contributed by atoms with Gasteiger partial charge >= 0.3 is 0 Å². The predicted molar refractivity (Wildman–Crippen MR) is 129 cm³/mol. The Labute approximate surface area is 190 Å². The molecule has 0 saturated carbocycles. The fraction of sp³-hybridized carbons (Fsp3) is 0.364. The van der Waals surface area contributed by atoms with E-state index in [-0.39, 0.29) is 6.10 Å². The van der Waals surface area contributed by atoms with Crippen LogP contribution in [0.2, 0.25) is 0 Å². The molecule has 7 nitrogen and oxygen atoms in total. The summed E-state index contributed by atoms with van der Waals surface area (Å²) in [4.78, 5) is 15.1. The molecule has 0 spiro atoms. The number of nitrogens with zero attached hydrogens (tertiary/aromatic N) is 4. The van der Waals surface area contributed by atoms with Crippen LogP contribution in [0.25, 0.3) is 10.9 Å². The number of likely N-dealkylation sites (tertiary alicyclic amines) is 1. The minimum absolute atomic E-state index is 0.158. The van der Waals surface area contributed by atoms with Gasteiger partial charge in [0.2, 0.25) is 0 Å². The van der Waals surface area contributed by atoms with E-state index < -0.39 is 0 Å². The zero-order valence-electron chi connectivity index (χ0n) is 17.5. The third-order valence-electron chi connectivity index (χ3n) is 5.47. The molecule has 0 radical (unpaired) electrons. The van der Waals surface area contributed by atoms with Gasteiger partial charge in [-0.05, 0) is 24.3 Å². The van der Waals surface area contributed by atoms with Gasteiger partial charge in [-0.25, -0.2) is 4.98 Å². The minimum atomic E-state index is -0.158. The summed E-state index contributed by atoms with van der Waals surface area (Å²) >= 11 is 3.39. The molecule has 1 unspecified atom stereocenters. The zero-order valence-corrected chi connectivity index (χ0v) is 19.1. The third-order valence-corrected chi connectivity index (χ3v) is 7.57. The van der Waals surface area contributed by atoms with Gasteiger partial charge in [-0.2, -0.15) is 0 Å². The molecule has 1 aromatic carbocycles. The summed E-state index contributed by atoms with van der Waals surface area (Å²) in [6.45, 7) is 3.34. The molecule has 1 atom stereocenters. The Morgan fingerprint density at radius 2 is 2.19 bits per heavy atom. The topological polar surface area (TPSA) is 77.0 Å². The normalized spacial score (nSPS) is 19.5. The molecule has 2 aliphatic heterocycles. The van der Waals surface area contributed by atoms with Crippen LogP contribution in [-0.4, -0.2) is 76.7 Å². The van der Waals surface area contributed by atoms with Crippen LogP contribution in [0, 0.1) is 0 Å². The van der Waals surface area contributed by atoms with Crippen LogP contribution in [-0.2, 0) is 0 Å². The molecule has 9 heteroatoms. The Balaban J connectivity index is 1.38. The van der Waals surface area contributed by atoms with Gasteiger partial charge in [0.05, 0.1) is 36.7 Å². The second-order valence-corrected chi connectivity index (χ2v) is 10.2. The molecule has 1 saturated heterocycles. The van der Waals surface area contributed by atoms with Gasteiger partial charge in [-0.1, -0.05) is 17.8 Å². The Hall–Kier alpha value is -2.20. The molecule has 0 amide bonds. The molecule has 0 bridgehead atoms. The average molecular weight is 456 g/mol. The number of methoxy groups -OCH3 is 1. The highest BCUT2D eigenvalue weighted by molar-refractivity contribution is 8.15. The molecule has 4 heterocycles. The van der Waals surface area contributed by atoms with Gasteiger partial charge < -0.3 is 19.1 Å². The van der Waals surface area contributed by atoms with Crippen LogP contribution in [0.1, 0.15) is 5.69 Å². The number of hydrogen-bond acceptors (Lipinski definition) is 8. The van der Waals surface area contributed by atoms with Crippen molar-refractivity contribution >= 4 is 45.3 Å². The van der Waals surface area contributed by atoms with Crippen molar-refractivity contribution < 1.29 is 9.84 Å². The lowest BCUT2D eigenvalue weighted by atomic mass is 10.1. The van der Waals surface area contributed by atoms with Gasteiger partial charge in [0, 0.05) is 61.5 Å². The number of thioether (sulfide) groups is 1. The highest BCUT2D eigenvalue weighted by Crippen LogP contribution is 2.37. The summed E-state index contributed by atoms with van der Waals surface area (Å²) in [6.07, 6.45) is 1.64. The maximum atomic E-state index is 9.51. The van der Waals surface area contributed by atoms with Gasteiger partial charge in [0.25, 0.3) is 0 Å². The van der Waals surface area contributed by atoms with Crippen LogP contribution < -0.4 is 9.04 Å². The number of H-pyrrole nitrogens is 1. The highest BCUT2D eigenvalue weighted by atomic mass is 32.2. The number of aliphatic imine (C=N–C) groups is 1. The SMILES string of the molecule is COc1cc(N(C)Sc2ccccn2)c2[nH]c(C3=NCC(CN4CC(O)C4)S3)cc2c1. The van der Waals surface area contributed by atoms with Gasteiger partial charge in [0.1, 0.15) is 15.8 Å². The average Bonchev–Trinajstić information content (AvgIpc) is 3.39. The van der Waals surface area contributed by atoms with Gasteiger partial charge in [-0.15, -0.1) is 0 Å². The van der Waals surface area contributed by atoms with Crippen molar-refractivity contribution in [3.05, 3.63) is 48.3 Å². The van der Waals surface area contributed by atoms with Crippen LogP contribution in [0.3, 0.4) is 0 Å². The number of rotatable bonds is 7. The number of β-amino-alcohol motifs (C(OH)–C–C–N with tert-alkyl or cyclic N) is 1. The van der Waals surface area contributed by atoms with E-state index in [0.717, 1.165) is 64.3 Å². The molecule has 2 N–H and O–H groups in total. The third kappa shape index (κ3) is 4.41. The Morgan fingerprint density at radius 3 is 2.94 bits per heavy atom. The van der Waals surface area contributed by atoms with E-state index in [4.69, 9.17) is 9.73 Å². The molecule has 3 aromatic rings. The summed E-state index contributed by atoms with van der Waals surface area (Å²) in [6, 6.07) is 12.2. The van der Waals surface area contributed by atoms with Crippen LogP contribution in [0.4, 0.5) is 5.69 Å². The van der Waals surface area contributed by atoms with Gasteiger partial charge in [-0.3, -0.25) is 9.89 Å². The number of fused-ring (bicyclic) bond motifs is 1. The molecule has 31 heavy (non-hydrogen) atoms. The highest BCUT2D eigenvalue weighted by Gasteiger charge is 2.30. The lowest BCUT2D eigenvalue weighted by Gasteiger charge is -2.37. The molecule has 0 aliphatic carbocycles. The summed E-state index contributed by atoms with van der Waals surface area (Å²) < 4.78 is 7.67. The largest absolute Gasteiger partial charge is 0.497 e.